The van der Waals surface area contributed by atoms with Gasteiger partial charge in [-0.2, -0.15) is 0 Å². The second kappa shape index (κ2) is 5.80. The first-order chi connectivity index (χ1) is 9.11. The molecular weight excluding hydrogens is 264 g/mol. The zero-order valence-corrected chi connectivity index (χ0v) is 11.5. The maximum Gasteiger partial charge on any atom is 0.121 e. The standard InChI is InChI=1S/C14H15ClN2O2/c1-9(17-13-8-16-6-5-12(13)15)11-7-10(19-2)3-4-14(11)18/h3-9,17-18H,1-2H3. The molecule has 1 unspecified atom stereocenters. The number of aromatic hydroxyl groups is 1. The van der Waals surface area contributed by atoms with Crippen LogP contribution in [0, 0.1) is 0 Å². The van der Waals surface area contributed by atoms with Crippen molar-refractivity contribution in [3.63, 3.8) is 0 Å². The number of halogens is 1. The van der Waals surface area contributed by atoms with E-state index in [0.717, 1.165) is 11.3 Å². The molecule has 0 bridgehead atoms. The number of hydrogen-bond acceptors (Lipinski definition) is 4. The number of nitrogens with one attached hydrogen (secondary N) is 1. The molecule has 100 valence electrons. The number of ether oxygens (including phenoxy) is 1. The van der Waals surface area contributed by atoms with Crippen molar-refractivity contribution in [1.82, 2.24) is 4.98 Å². The zero-order chi connectivity index (χ0) is 13.8. The summed E-state index contributed by atoms with van der Waals surface area (Å²) in [5.41, 5.74) is 1.46. The molecule has 0 saturated carbocycles. The average molecular weight is 279 g/mol. The highest BCUT2D eigenvalue weighted by Crippen LogP contribution is 2.31. The van der Waals surface area contributed by atoms with Crippen molar-refractivity contribution in [2.45, 2.75) is 13.0 Å². The SMILES string of the molecule is COc1ccc(O)c(C(C)Nc2cnccc2Cl)c1. The van der Waals surface area contributed by atoms with Crippen LogP contribution in [0.3, 0.4) is 0 Å². The van der Waals surface area contributed by atoms with Crippen molar-refractivity contribution in [3.8, 4) is 11.5 Å². The van der Waals surface area contributed by atoms with Crippen LogP contribution in [0.5, 0.6) is 11.5 Å². The average Bonchev–Trinajstić information content (AvgIpc) is 2.42. The van der Waals surface area contributed by atoms with Gasteiger partial charge in [0, 0.05) is 11.8 Å². The summed E-state index contributed by atoms with van der Waals surface area (Å²) in [6.45, 7) is 1.93. The third kappa shape index (κ3) is 3.09. The van der Waals surface area contributed by atoms with Crippen molar-refractivity contribution in [1.29, 1.82) is 0 Å². The molecule has 0 amide bonds. The van der Waals surface area contributed by atoms with Crippen LogP contribution in [0.4, 0.5) is 5.69 Å². The Bertz CT molecular complexity index is 575. The fraction of sp³-hybridized carbons (Fsp3) is 0.214. The topological polar surface area (TPSA) is 54.4 Å². The van der Waals surface area contributed by atoms with Crippen LogP contribution in [0.2, 0.25) is 5.02 Å². The zero-order valence-electron chi connectivity index (χ0n) is 10.7. The number of pyridine rings is 1. The van der Waals surface area contributed by atoms with Gasteiger partial charge in [-0.25, -0.2) is 0 Å². The van der Waals surface area contributed by atoms with E-state index < -0.39 is 0 Å². The summed E-state index contributed by atoms with van der Waals surface area (Å²) in [4.78, 5) is 4.01. The molecular formula is C14H15ClN2O2. The lowest BCUT2D eigenvalue weighted by atomic mass is 10.1. The minimum Gasteiger partial charge on any atom is -0.508 e. The van der Waals surface area contributed by atoms with Gasteiger partial charge in [0.2, 0.25) is 0 Å². The lowest BCUT2D eigenvalue weighted by Gasteiger charge is -2.18. The molecule has 0 saturated heterocycles. The van der Waals surface area contributed by atoms with E-state index in [0.29, 0.717) is 10.8 Å². The van der Waals surface area contributed by atoms with Gasteiger partial charge in [-0.3, -0.25) is 4.98 Å². The number of nitrogens with zero attached hydrogens (tertiary/aromatic N) is 1. The van der Waals surface area contributed by atoms with Crippen LogP contribution in [-0.2, 0) is 0 Å². The Morgan fingerprint density at radius 3 is 2.84 bits per heavy atom. The molecule has 0 spiro atoms. The largest absolute Gasteiger partial charge is 0.508 e. The highest BCUT2D eigenvalue weighted by molar-refractivity contribution is 6.33. The molecule has 4 nitrogen and oxygen atoms in total. The third-order valence-electron chi connectivity index (χ3n) is 2.84. The Balaban J connectivity index is 2.25. The molecule has 2 rings (SSSR count). The number of hydrogen-bond donors (Lipinski definition) is 2. The van der Waals surface area contributed by atoms with Gasteiger partial charge in [0.1, 0.15) is 11.5 Å². The van der Waals surface area contributed by atoms with E-state index in [1.807, 2.05) is 6.92 Å². The number of rotatable bonds is 4. The van der Waals surface area contributed by atoms with E-state index in [1.54, 1.807) is 43.8 Å². The van der Waals surface area contributed by atoms with Crippen LogP contribution >= 0.6 is 11.6 Å². The molecule has 19 heavy (non-hydrogen) atoms. The normalized spacial score (nSPS) is 11.9. The van der Waals surface area contributed by atoms with Gasteiger partial charge in [-0.1, -0.05) is 11.6 Å². The van der Waals surface area contributed by atoms with E-state index in [1.165, 1.54) is 0 Å². The highest BCUT2D eigenvalue weighted by Gasteiger charge is 2.13. The monoisotopic (exact) mass is 278 g/mol. The van der Waals surface area contributed by atoms with Crippen LogP contribution in [0.1, 0.15) is 18.5 Å². The van der Waals surface area contributed by atoms with Gasteiger partial charge >= 0.3 is 0 Å². The van der Waals surface area contributed by atoms with Gasteiger partial charge < -0.3 is 15.2 Å². The fourth-order valence-electron chi connectivity index (χ4n) is 1.80. The third-order valence-corrected chi connectivity index (χ3v) is 3.17. The minimum absolute atomic E-state index is 0.128. The lowest BCUT2D eigenvalue weighted by molar-refractivity contribution is 0.410. The molecule has 1 aromatic carbocycles. The number of aromatic nitrogens is 1. The number of phenols is 1. The molecule has 0 fully saturated rings. The van der Waals surface area contributed by atoms with Crippen molar-refractivity contribution in [2.24, 2.45) is 0 Å². The van der Waals surface area contributed by atoms with Gasteiger partial charge in [0.25, 0.3) is 0 Å². The molecule has 0 aliphatic carbocycles. The maximum absolute atomic E-state index is 9.90. The molecule has 0 aliphatic rings. The second-order valence-corrected chi connectivity index (χ2v) is 4.55. The molecule has 2 aromatic rings. The molecule has 2 N–H and O–H groups in total. The van der Waals surface area contributed by atoms with E-state index in [4.69, 9.17) is 16.3 Å². The predicted molar refractivity (Wildman–Crippen MR) is 75.9 cm³/mol. The number of anilines is 1. The van der Waals surface area contributed by atoms with Crippen molar-refractivity contribution in [3.05, 3.63) is 47.2 Å². The fourth-order valence-corrected chi connectivity index (χ4v) is 1.96. The first kappa shape index (κ1) is 13.5. The van der Waals surface area contributed by atoms with Gasteiger partial charge in [-0.15, -0.1) is 0 Å². The summed E-state index contributed by atoms with van der Waals surface area (Å²) in [6.07, 6.45) is 3.28. The first-order valence-corrected chi connectivity index (χ1v) is 6.22. The van der Waals surface area contributed by atoms with Crippen molar-refractivity contribution in [2.75, 3.05) is 12.4 Å². The summed E-state index contributed by atoms with van der Waals surface area (Å²) in [6, 6.07) is 6.69. The van der Waals surface area contributed by atoms with E-state index in [-0.39, 0.29) is 11.8 Å². The second-order valence-electron chi connectivity index (χ2n) is 4.15. The summed E-state index contributed by atoms with van der Waals surface area (Å²) in [5.74, 6) is 0.902. The van der Waals surface area contributed by atoms with E-state index in [2.05, 4.69) is 10.3 Å². The molecule has 1 aromatic heterocycles. The van der Waals surface area contributed by atoms with Crippen molar-refractivity contribution >= 4 is 17.3 Å². The molecule has 1 atom stereocenters. The Kier molecular flexibility index (Phi) is 4.12. The van der Waals surface area contributed by atoms with Gasteiger partial charge in [0.05, 0.1) is 30.1 Å². The van der Waals surface area contributed by atoms with E-state index in [9.17, 15) is 5.11 Å². The molecule has 0 radical (unpaired) electrons. The Morgan fingerprint density at radius 1 is 1.37 bits per heavy atom. The van der Waals surface area contributed by atoms with E-state index >= 15 is 0 Å². The summed E-state index contributed by atoms with van der Waals surface area (Å²) < 4.78 is 5.16. The van der Waals surface area contributed by atoms with Crippen LogP contribution in [0.15, 0.2) is 36.7 Å². The smallest absolute Gasteiger partial charge is 0.121 e. The first-order valence-electron chi connectivity index (χ1n) is 5.84. The van der Waals surface area contributed by atoms with Crippen LogP contribution in [0.25, 0.3) is 0 Å². The Labute approximate surface area is 117 Å². The summed E-state index contributed by atoms with van der Waals surface area (Å²) in [5, 5.41) is 13.7. The molecule has 0 aliphatic heterocycles. The Morgan fingerprint density at radius 2 is 2.16 bits per heavy atom. The maximum atomic E-state index is 9.90. The quantitative estimate of drug-likeness (QED) is 0.897. The lowest BCUT2D eigenvalue weighted by Crippen LogP contribution is -2.07. The minimum atomic E-state index is -0.128. The number of benzene rings is 1. The number of phenolic OH excluding ortho intramolecular Hbond substituents is 1. The predicted octanol–water partition coefficient (Wildman–Crippen LogP) is 3.62. The van der Waals surface area contributed by atoms with Crippen LogP contribution in [-0.4, -0.2) is 17.2 Å². The van der Waals surface area contributed by atoms with Crippen molar-refractivity contribution < 1.29 is 9.84 Å². The Hall–Kier alpha value is -1.94. The highest BCUT2D eigenvalue weighted by atomic mass is 35.5. The van der Waals surface area contributed by atoms with Crippen LogP contribution < -0.4 is 10.1 Å². The molecule has 1 heterocycles. The summed E-state index contributed by atoms with van der Waals surface area (Å²) >= 11 is 6.06. The summed E-state index contributed by atoms with van der Waals surface area (Å²) in [7, 11) is 1.59. The molecule has 5 heteroatoms. The van der Waals surface area contributed by atoms with Gasteiger partial charge in [-0.05, 0) is 31.2 Å². The number of methoxy groups -OCH3 is 1. The van der Waals surface area contributed by atoms with Gasteiger partial charge in [0.15, 0.2) is 0 Å².